The van der Waals surface area contributed by atoms with E-state index < -0.39 is 0 Å². The minimum Gasteiger partial charge on any atom is -0.378 e. The van der Waals surface area contributed by atoms with Gasteiger partial charge in [0.2, 0.25) is 0 Å². The molecule has 3 rings (SSSR count). The number of hydrogen-bond acceptors (Lipinski definition) is 2. The maximum Gasteiger partial charge on any atom is 0.146 e. The molecule has 0 amide bonds. The second-order valence-corrected chi connectivity index (χ2v) is 6.18. The first-order valence-electron chi connectivity index (χ1n) is 6.70. The average molecular weight is 313 g/mol. The molecule has 2 fully saturated rings. The summed E-state index contributed by atoms with van der Waals surface area (Å²) in [6, 6.07) is 6.08. The molecule has 98 valence electrons. The van der Waals surface area contributed by atoms with Crippen molar-refractivity contribution in [3.8, 4) is 0 Å². The predicted molar refractivity (Wildman–Crippen MR) is 75.3 cm³/mol. The Morgan fingerprint density at radius 3 is 3.00 bits per heavy atom. The monoisotopic (exact) mass is 312 g/mol. The third-order valence-corrected chi connectivity index (χ3v) is 4.62. The molecule has 0 bridgehead atoms. The van der Waals surface area contributed by atoms with Gasteiger partial charge < -0.3 is 5.32 Å². The van der Waals surface area contributed by atoms with Gasteiger partial charge in [-0.05, 0) is 44.0 Å². The van der Waals surface area contributed by atoms with Crippen molar-refractivity contribution in [1.29, 1.82) is 0 Å². The Morgan fingerprint density at radius 2 is 2.11 bits per heavy atom. The van der Waals surface area contributed by atoms with Gasteiger partial charge in [0.05, 0.1) is 5.69 Å². The molecule has 18 heavy (non-hydrogen) atoms. The van der Waals surface area contributed by atoms with Crippen LogP contribution < -0.4 is 5.32 Å². The van der Waals surface area contributed by atoms with Crippen LogP contribution in [0.3, 0.4) is 0 Å². The number of halogens is 2. The highest BCUT2D eigenvalue weighted by Gasteiger charge is 2.35. The number of hydrogen-bond donors (Lipinski definition) is 1. The van der Waals surface area contributed by atoms with Gasteiger partial charge in [0.25, 0.3) is 0 Å². The molecule has 2 aliphatic heterocycles. The molecule has 1 aromatic carbocycles. The van der Waals surface area contributed by atoms with Gasteiger partial charge in [0, 0.05) is 23.1 Å². The van der Waals surface area contributed by atoms with Gasteiger partial charge in [-0.15, -0.1) is 0 Å². The SMILES string of the molecule is Fc1ccc(Br)cc1NC1CCN2CCCCC12. The second-order valence-electron chi connectivity index (χ2n) is 5.26. The summed E-state index contributed by atoms with van der Waals surface area (Å²) in [5.74, 6) is -0.160. The van der Waals surface area contributed by atoms with Crippen LogP contribution in [0.4, 0.5) is 10.1 Å². The van der Waals surface area contributed by atoms with Gasteiger partial charge in [-0.1, -0.05) is 22.4 Å². The van der Waals surface area contributed by atoms with E-state index in [1.165, 1.54) is 31.9 Å². The Balaban J connectivity index is 1.74. The van der Waals surface area contributed by atoms with Crippen molar-refractivity contribution in [3.63, 3.8) is 0 Å². The Kier molecular flexibility index (Phi) is 3.57. The summed E-state index contributed by atoms with van der Waals surface area (Å²) in [6.07, 6.45) is 4.98. The molecule has 1 aromatic rings. The van der Waals surface area contributed by atoms with E-state index in [0.717, 1.165) is 17.4 Å². The van der Waals surface area contributed by atoms with E-state index in [1.54, 1.807) is 6.07 Å². The zero-order valence-electron chi connectivity index (χ0n) is 10.3. The summed E-state index contributed by atoms with van der Waals surface area (Å²) in [4.78, 5) is 2.55. The summed E-state index contributed by atoms with van der Waals surface area (Å²) in [5.41, 5.74) is 0.627. The first-order chi connectivity index (χ1) is 8.74. The van der Waals surface area contributed by atoms with Crippen LogP contribution in [0, 0.1) is 5.82 Å². The van der Waals surface area contributed by atoms with Crippen LogP contribution in [-0.2, 0) is 0 Å². The molecule has 0 aromatic heterocycles. The smallest absolute Gasteiger partial charge is 0.146 e. The van der Waals surface area contributed by atoms with E-state index in [1.807, 2.05) is 6.07 Å². The highest BCUT2D eigenvalue weighted by Crippen LogP contribution is 2.30. The van der Waals surface area contributed by atoms with Crippen molar-refractivity contribution in [1.82, 2.24) is 4.90 Å². The molecule has 2 nitrogen and oxygen atoms in total. The van der Waals surface area contributed by atoms with E-state index in [4.69, 9.17) is 0 Å². The molecule has 2 heterocycles. The number of piperidine rings is 1. The number of benzene rings is 1. The minimum absolute atomic E-state index is 0.160. The molecular weight excluding hydrogens is 295 g/mol. The highest BCUT2D eigenvalue weighted by atomic mass is 79.9. The summed E-state index contributed by atoms with van der Waals surface area (Å²) in [7, 11) is 0. The van der Waals surface area contributed by atoms with Gasteiger partial charge in [0.15, 0.2) is 0 Å². The van der Waals surface area contributed by atoms with Crippen LogP contribution in [0.2, 0.25) is 0 Å². The van der Waals surface area contributed by atoms with E-state index in [-0.39, 0.29) is 5.82 Å². The minimum atomic E-state index is -0.160. The first kappa shape index (κ1) is 12.4. The number of fused-ring (bicyclic) bond motifs is 1. The molecule has 4 heteroatoms. The molecule has 0 radical (unpaired) electrons. The lowest BCUT2D eigenvalue weighted by Gasteiger charge is -2.33. The zero-order valence-corrected chi connectivity index (χ0v) is 11.9. The molecule has 1 N–H and O–H groups in total. The largest absolute Gasteiger partial charge is 0.378 e. The van der Waals surface area contributed by atoms with Crippen LogP contribution >= 0.6 is 15.9 Å². The topological polar surface area (TPSA) is 15.3 Å². The summed E-state index contributed by atoms with van der Waals surface area (Å²) in [6.45, 7) is 2.36. The fourth-order valence-electron chi connectivity index (χ4n) is 3.22. The predicted octanol–water partition coefficient (Wildman–Crippen LogP) is 3.63. The van der Waals surface area contributed by atoms with Gasteiger partial charge >= 0.3 is 0 Å². The zero-order chi connectivity index (χ0) is 12.5. The third kappa shape index (κ3) is 2.41. The summed E-state index contributed by atoms with van der Waals surface area (Å²) >= 11 is 3.40. The van der Waals surface area contributed by atoms with Crippen LogP contribution in [0.15, 0.2) is 22.7 Å². The van der Waals surface area contributed by atoms with Gasteiger partial charge in [0.1, 0.15) is 5.82 Å². The Bertz CT molecular complexity index is 438. The first-order valence-corrected chi connectivity index (χ1v) is 7.49. The van der Waals surface area contributed by atoms with E-state index in [9.17, 15) is 4.39 Å². The quantitative estimate of drug-likeness (QED) is 0.897. The standard InChI is InChI=1S/C14H18BrFN2/c15-10-4-5-11(16)13(9-10)17-12-6-8-18-7-2-1-3-14(12)18/h4-5,9,12,14,17H,1-3,6-8H2. The van der Waals surface area contributed by atoms with Gasteiger partial charge in [-0.25, -0.2) is 4.39 Å². The van der Waals surface area contributed by atoms with Crippen LogP contribution in [0.25, 0.3) is 0 Å². The maximum absolute atomic E-state index is 13.8. The normalized spacial score (nSPS) is 28.1. The van der Waals surface area contributed by atoms with Crippen LogP contribution in [0.1, 0.15) is 25.7 Å². The Hall–Kier alpha value is -0.610. The van der Waals surface area contributed by atoms with Crippen LogP contribution in [0.5, 0.6) is 0 Å². The van der Waals surface area contributed by atoms with Gasteiger partial charge in [-0.2, -0.15) is 0 Å². The molecular formula is C14H18BrFN2. The number of nitrogens with zero attached hydrogens (tertiary/aromatic N) is 1. The number of nitrogens with one attached hydrogen (secondary N) is 1. The Labute approximate surface area is 116 Å². The maximum atomic E-state index is 13.8. The van der Waals surface area contributed by atoms with Crippen molar-refractivity contribution in [2.75, 3.05) is 18.4 Å². The van der Waals surface area contributed by atoms with Crippen molar-refractivity contribution >= 4 is 21.6 Å². The fourth-order valence-corrected chi connectivity index (χ4v) is 3.58. The molecule has 0 spiro atoms. The van der Waals surface area contributed by atoms with Gasteiger partial charge in [-0.3, -0.25) is 4.90 Å². The fraction of sp³-hybridized carbons (Fsp3) is 0.571. The summed E-state index contributed by atoms with van der Waals surface area (Å²) in [5, 5.41) is 3.40. The lowest BCUT2D eigenvalue weighted by atomic mass is 9.99. The lowest BCUT2D eigenvalue weighted by Crippen LogP contribution is -2.41. The van der Waals surface area contributed by atoms with E-state index in [0.29, 0.717) is 17.8 Å². The lowest BCUT2D eigenvalue weighted by molar-refractivity contribution is 0.192. The molecule has 0 aliphatic carbocycles. The third-order valence-electron chi connectivity index (χ3n) is 4.13. The molecule has 2 unspecified atom stereocenters. The molecule has 2 saturated heterocycles. The average Bonchev–Trinajstić information content (AvgIpc) is 2.78. The molecule has 2 aliphatic rings. The van der Waals surface area contributed by atoms with Crippen molar-refractivity contribution in [2.45, 2.75) is 37.8 Å². The highest BCUT2D eigenvalue weighted by molar-refractivity contribution is 9.10. The second kappa shape index (κ2) is 5.17. The van der Waals surface area contributed by atoms with Crippen LogP contribution in [-0.4, -0.2) is 30.1 Å². The number of anilines is 1. The molecule has 2 atom stereocenters. The van der Waals surface area contributed by atoms with E-state index in [2.05, 4.69) is 26.1 Å². The van der Waals surface area contributed by atoms with Crippen molar-refractivity contribution in [2.24, 2.45) is 0 Å². The summed E-state index contributed by atoms with van der Waals surface area (Å²) < 4.78 is 14.7. The molecule has 0 saturated carbocycles. The number of rotatable bonds is 2. The van der Waals surface area contributed by atoms with Crippen molar-refractivity contribution < 1.29 is 4.39 Å². The van der Waals surface area contributed by atoms with E-state index >= 15 is 0 Å². The Morgan fingerprint density at radius 1 is 1.22 bits per heavy atom. The van der Waals surface area contributed by atoms with Crippen molar-refractivity contribution in [3.05, 3.63) is 28.5 Å².